The molecule has 1 aliphatic carbocycles. The van der Waals surface area contributed by atoms with Crippen LogP contribution >= 0.6 is 0 Å². The topological polar surface area (TPSA) is 86.5 Å². The SMILES string of the molecule is COC(=O)C1(C(C[N+](=O)[O-])c2ccccc2)CCCCC1=O. The van der Waals surface area contributed by atoms with Crippen molar-refractivity contribution in [2.75, 3.05) is 13.7 Å². The molecule has 2 atom stereocenters. The van der Waals surface area contributed by atoms with Crippen molar-refractivity contribution in [3.05, 3.63) is 46.0 Å². The van der Waals surface area contributed by atoms with Gasteiger partial charge in [-0.1, -0.05) is 36.8 Å². The smallest absolute Gasteiger partial charge is 0.320 e. The van der Waals surface area contributed by atoms with Crippen molar-refractivity contribution in [1.29, 1.82) is 0 Å². The van der Waals surface area contributed by atoms with Crippen molar-refractivity contribution in [3.63, 3.8) is 0 Å². The first kappa shape index (κ1) is 16.1. The minimum Gasteiger partial charge on any atom is -0.468 e. The quantitative estimate of drug-likeness (QED) is 0.361. The first-order chi connectivity index (χ1) is 10.5. The Labute approximate surface area is 128 Å². The van der Waals surface area contributed by atoms with Gasteiger partial charge in [-0.05, 0) is 18.4 Å². The highest BCUT2D eigenvalue weighted by Crippen LogP contribution is 2.46. The highest BCUT2D eigenvalue weighted by Gasteiger charge is 2.55. The fraction of sp³-hybridized carbons (Fsp3) is 0.500. The molecule has 0 N–H and O–H groups in total. The van der Waals surface area contributed by atoms with Gasteiger partial charge in [-0.25, -0.2) is 0 Å². The van der Waals surface area contributed by atoms with Crippen LogP contribution in [0.2, 0.25) is 0 Å². The molecule has 2 unspecified atom stereocenters. The number of methoxy groups -OCH3 is 1. The van der Waals surface area contributed by atoms with Crippen LogP contribution in [0, 0.1) is 15.5 Å². The molecule has 0 amide bonds. The zero-order chi connectivity index (χ0) is 16.2. The first-order valence-electron chi connectivity index (χ1n) is 7.31. The van der Waals surface area contributed by atoms with Crippen molar-refractivity contribution in [2.24, 2.45) is 5.41 Å². The third-order valence-electron chi connectivity index (χ3n) is 4.40. The van der Waals surface area contributed by atoms with E-state index in [9.17, 15) is 19.7 Å². The van der Waals surface area contributed by atoms with Crippen molar-refractivity contribution in [1.82, 2.24) is 0 Å². The van der Waals surface area contributed by atoms with Crippen molar-refractivity contribution in [3.8, 4) is 0 Å². The molecule has 1 fully saturated rings. The van der Waals surface area contributed by atoms with Crippen LogP contribution in [0.1, 0.15) is 37.2 Å². The van der Waals surface area contributed by atoms with E-state index in [0.29, 0.717) is 24.8 Å². The number of carbonyl (C=O) groups is 2. The van der Waals surface area contributed by atoms with E-state index in [2.05, 4.69) is 0 Å². The highest BCUT2D eigenvalue weighted by molar-refractivity contribution is 6.05. The highest BCUT2D eigenvalue weighted by atomic mass is 16.6. The van der Waals surface area contributed by atoms with Gasteiger partial charge in [-0.3, -0.25) is 19.7 Å². The molecule has 1 aliphatic rings. The van der Waals surface area contributed by atoms with Crippen LogP contribution in [0.3, 0.4) is 0 Å². The number of esters is 1. The van der Waals surface area contributed by atoms with Crippen LogP contribution in [0.25, 0.3) is 0 Å². The van der Waals surface area contributed by atoms with E-state index in [4.69, 9.17) is 4.74 Å². The number of nitro groups is 1. The Balaban J connectivity index is 2.55. The molecule has 0 heterocycles. The average molecular weight is 305 g/mol. The number of Topliss-reactive ketones (excluding diaryl/α,β-unsaturated/α-hetero) is 1. The van der Waals surface area contributed by atoms with Crippen molar-refractivity contribution in [2.45, 2.75) is 31.6 Å². The second-order valence-corrected chi connectivity index (χ2v) is 5.57. The van der Waals surface area contributed by atoms with E-state index in [-0.39, 0.29) is 12.2 Å². The van der Waals surface area contributed by atoms with Gasteiger partial charge in [-0.15, -0.1) is 0 Å². The fourth-order valence-corrected chi connectivity index (χ4v) is 3.34. The van der Waals surface area contributed by atoms with Gasteiger partial charge in [0.05, 0.1) is 13.0 Å². The van der Waals surface area contributed by atoms with Crippen molar-refractivity contribution < 1.29 is 19.2 Å². The molecule has 0 aromatic heterocycles. The predicted octanol–water partition coefficient (Wildman–Crippen LogP) is 2.35. The van der Waals surface area contributed by atoms with Gasteiger partial charge in [0.1, 0.15) is 5.41 Å². The average Bonchev–Trinajstić information content (AvgIpc) is 2.53. The largest absolute Gasteiger partial charge is 0.468 e. The Morgan fingerprint density at radius 2 is 2.05 bits per heavy atom. The molecule has 1 aromatic carbocycles. The lowest BCUT2D eigenvalue weighted by Crippen LogP contribution is -2.49. The Kier molecular flexibility index (Phi) is 4.90. The molecule has 0 bridgehead atoms. The Bertz CT molecular complexity index is 561. The zero-order valence-electron chi connectivity index (χ0n) is 12.5. The minimum absolute atomic E-state index is 0.249. The van der Waals surface area contributed by atoms with Gasteiger partial charge < -0.3 is 4.74 Å². The molecular formula is C16H19NO5. The number of rotatable bonds is 5. The number of nitrogens with zero attached hydrogens (tertiary/aromatic N) is 1. The van der Waals surface area contributed by atoms with Crippen LogP contribution in [-0.2, 0) is 14.3 Å². The summed E-state index contributed by atoms with van der Waals surface area (Å²) in [7, 11) is 1.22. The standard InChI is InChI=1S/C16H19NO5/c1-22-15(19)16(10-6-5-9-14(16)18)13(11-17(20)21)12-7-3-2-4-8-12/h2-4,7-8,13H,5-6,9-11H2,1H3. The summed E-state index contributed by atoms with van der Waals surface area (Å²) in [5.74, 6) is -1.71. The Hall–Kier alpha value is -2.24. The van der Waals surface area contributed by atoms with E-state index in [0.717, 1.165) is 0 Å². The van der Waals surface area contributed by atoms with E-state index >= 15 is 0 Å². The molecule has 2 rings (SSSR count). The molecule has 118 valence electrons. The summed E-state index contributed by atoms with van der Waals surface area (Å²) in [6.07, 6.45) is 1.95. The summed E-state index contributed by atoms with van der Waals surface area (Å²) in [6.45, 7) is -0.467. The molecule has 0 radical (unpaired) electrons. The molecule has 1 saturated carbocycles. The third-order valence-corrected chi connectivity index (χ3v) is 4.40. The lowest BCUT2D eigenvalue weighted by atomic mass is 9.63. The minimum atomic E-state index is -1.44. The molecule has 6 heteroatoms. The Morgan fingerprint density at radius 1 is 1.36 bits per heavy atom. The van der Waals surface area contributed by atoms with E-state index in [1.165, 1.54) is 7.11 Å². The maximum absolute atomic E-state index is 12.6. The third kappa shape index (κ3) is 2.86. The second-order valence-electron chi connectivity index (χ2n) is 5.57. The summed E-state index contributed by atoms with van der Waals surface area (Å²) >= 11 is 0. The maximum Gasteiger partial charge on any atom is 0.320 e. The lowest BCUT2D eigenvalue weighted by Gasteiger charge is -2.38. The summed E-state index contributed by atoms with van der Waals surface area (Å²) < 4.78 is 4.87. The van der Waals surface area contributed by atoms with Crippen molar-refractivity contribution >= 4 is 11.8 Å². The number of ether oxygens (including phenoxy) is 1. The van der Waals surface area contributed by atoms with Crippen LogP contribution in [0.5, 0.6) is 0 Å². The molecule has 22 heavy (non-hydrogen) atoms. The molecule has 0 spiro atoms. The van der Waals surface area contributed by atoms with Gasteiger partial charge in [0, 0.05) is 11.3 Å². The summed E-state index contributed by atoms with van der Waals surface area (Å²) in [4.78, 5) is 35.7. The normalized spacial score (nSPS) is 22.9. The number of hydrogen-bond acceptors (Lipinski definition) is 5. The second kappa shape index (κ2) is 6.68. The van der Waals surface area contributed by atoms with E-state index in [1.54, 1.807) is 30.3 Å². The molecule has 1 aromatic rings. The molecular weight excluding hydrogens is 286 g/mol. The molecule has 0 saturated heterocycles. The summed E-state index contributed by atoms with van der Waals surface area (Å²) in [6, 6.07) is 8.74. The number of ketones is 1. The zero-order valence-corrected chi connectivity index (χ0v) is 12.5. The first-order valence-corrected chi connectivity index (χ1v) is 7.31. The van der Waals surface area contributed by atoms with Gasteiger partial charge in [0.15, 0.2) is 5.78 Å². The van der Waals surface area contributed by atoms with Crippen LogP contribution in [0.4, 0.5) is 0 Å². The van der Waals surface area contributed by atoms with Gasteiger partial charge >= 0.3 is 5.97 Å². The maximum atomic E-state index is 12.6. The van der Waals surface area contributed by atoms with Crippen LogP contribution in [-0.4, -0.2) is 30.3 Å². The van der Waals surface area contributed by atoms with E-state index < -0.39 is 28.8 Å². The lowest BCUT2D eigenvalue weighted by molar-refractivity contribution is -0.485. The van der Waals surface area contributed by atoms with Crippen LogP contribution in [0.15, 0.2) is 30.3 Å². The van der Waals surface area contributed by atoms with E-state index in [1.807, 2.05) is 0 Å². The predicted molar refractivity (Wildman–Crippen MR) is 79.0 cm³/mol. The molecule has 0 aliphatic heterocycles. The Morgan fingerprint density at radius 3 is 2.59 bits per heavy atom. The van der Waals surface area contributed by atoms with Gasteiger partial charge in [-0.2, -0.15) is 0 Å². The monoisotopic (exact) mass is 305 g/mol. The summed E-state index contributed by atoms with van der Waals surface area (Å²) in [5.41, 5.74) is -0.818. The number of carbonyl (C=O) groups excluding carboxylic acids is 2. The number of benzene rings is 1. The molecule has 6 nitrogen and oxygen atoms in total. The van der Waals surface area contributed by atoms with Gasteiger partial charge in [0.2, 0.25) is 6.54 Å². The number of hydrogen-bond donors (Lipinski definition) is 0. The van der Waals surface area contributed by atoms with Crippen LogP contribution < -0.4 is 0 Å². The summed E-state index contributed by atoms with van der Waals surface area (Å²) in [5, 5.41) is 11.1. The van der Waals surface area contributed by atoms with Gasteiger partial charge in [0.25, 0.3) is 0 Å². The fourth-order valence-electron chi connectivity index (χ4n) is 3.34.